The van der Waals surface area contributed by atoms with Crippen LogP contribution in [0.3, 0.4) is 0 Å². The van der Waals surface area contributed by atoms with E-state index >= 15 is 0 Å². The van der Waals surface area contributed by atoms with Gasteiger partial charge >= 0.3 is 5.76 Å². The summed E-state index contributed by atoms with van der Waals surface area (Å²) in [6.45, 7) is 1.86. The summed E-state index contributed by atoms with van der Waals surface area (Å²) < 4.78 is 6.19. The molecular formula is C15H10ClNO3. The highest BCUT2D eigenvalue weighted by Crippen LogP contribution is 2.14. The smallest absolute Gasteiger partial charge is 0.409 e. The molecule has 0 N–H and O–H groups in total. The van der Waals surface area contributed by atoms with Gasteiger partial charge in [0.05, 0.1) is 11.1 Å². The standard InChI is InChI=1S/C15H10ClNO3/c1-9-5-6-12-13(7-9)20-15(19)17(14(12)18)11-4-2-3-10(16)8-11/h2-8H,1H3. The fourth-order valence-corrected chi connectivity index (χ4v) is 2.26. The molecule has 0 spiro atoms. The largest absolute Gasteiger partial charge is 0.426 e. The molecule has 0 aliphatic heterocycles. The van der Waals surface area contributed by atoms with Gasteiger partial charge in [0, 0.05) is 5.02 Å². The van der Waals surface area contributed by atoms with E-state index in [2.05, 4.69) is 0 Å². The Morgan fingerprint density at radius 2 is 1.90 bits per heavy atom. The van der Waals surface area contributed by atoms with Crippen LogP contribution in [0.4, 0.5) is 0 Å². The summed E-state index contributed by atoms with van der Waals surface area (Å²) in [5.74, 6) is -0.727. The van der Waals surface area contributed by atoms with Crippen molar-refractivity contribution in [3.05, 3.63) is 74.0 Å². The van der Waals surface area contributed by atoms with E-state index in [1.807, 2.05) is 6.92 Å². The topological polar surface area (TPSA) is 52.2 Å². The van der Waals surface area contributed by atoms with Gasteiger partial charge in [0.15, 0.2) is 0 Å². The van der Waals surface area contributed by atoms with E-state index in [1.165, 1.54) is 0 Å². The fourth-order valence-electron chi connectivity index (χ4n) is 2.07. The molecule has 5 heteroatoms. The molecule has 0 amide bonds. The van der Waals surface area contributed by atoms with Crippen LogP contribution in [-0.4, -0.2) is 4.57 Å². The van der Waals surface area contributed by atoms with Crippen molar-refractivity contribution in [1.82, 2.24) is 4.57 Å². The van der Waals surface area contributed by atoms with Crippen molar-refractivity contribution in [1.29, 1.82) is 0 Å². The third-order valence-corrected chi connectivity index (χ3v) is 3.25. The lowest BCUT2D eigenvalue weighted by Crippen LogP contribution is -2.30. The van der Waals surface area contributed by atoms with Gasteiger partial charge in [-0.2, -0.15) is 0 Å². The van der Waals surface area contributed by atoms with Crippen molar-refractivity contribution in [2.45, 2.75) is 6.92 Å². The summed E-state index contributed by atoms with van der Waals surface area (Å²) >= 11 is 5.89. The van der Waals surface area contributed by atoms with E-state index in [9.17, 15) is 9.59 Å². The molecule has 0 atom stereocenters. The fraction of sp³-hybridized carbons (Fsp3) is 0.0667. The molecule has 3 rings (SSSR count). The minimum atomic E-state index is -0.727. The zero-order valence-corrected chi connectivity index (χ0v) is 11.3. The van der Waals surface area contributed by atoms with Crippen LogP contribution in [0, 0.1) is 6.92 Å². The van der Waals surface area contributed by atoms with E-state index < -0.39 is 11.3 Å². The SMILES string of the molecule is Cc1ccc2c(=O)n(-c3cccc(Cl)c3)c(=O)oc2c1. The Bertz CT molecular complexity index is 924. The maximum Gasteiger partial charge on any atom is 0.426 e. The summed E-state index contributed by atoms with van der Waals surface area (Å²) in [5.41, 5.74) is 1.18. The first kappa shape index (κ1) is 12.7. The Hall–Kier alpha value is -2.33. The highest BCUT2D eigenvalue weighted by Gasteiger charge is 2.11. The molecule has 0 fully saturated rings. The second kappa shape index (κ2) is 4.65. The molecule has 0 unspecified atom stereocenters. The quantitative estimate of drug-likeness (QED) is 0.691. The summed E-state index contributed by atoms with van der Waals surface area (Å²) in [7, 11) is 0. The van der Waals surface area contributed by atoms with Gasteiger partial charge in [-0.05, 0) is 42.8 Å². The molecule has 3 aromatic rings. The first-order chi connectivity index (χ1) is 9.56. The summed E-state index contributed by atoms with van der Waals surface area (Å²) in [5, 5.41) is 0.799. The summed E-state index contributed by atoms with van der Waals surface area (Å²) in [4.78, 5) is 24.5. The van der Waals surface area contributed by atoms with Gasteiger partial charge < -0.3 is 4.42 Å². The molecule has 20 heavy (non-hydrogen) atoms. The van der Waals surface area contributed by atoms with Crippen molar-refractivity contribution in [2.75, 3.05) is 0 Å². The minimum Gasteiger partial charge on any atom is -0.409 e. The van der Waals surface area contributed by atoms with Crippen LogP contribution < -0.4 is 11.3 Å². The Kier molecular flexibility index (Phi) is 2.95. The Balaban J connectivity index is 2.41. The average Bonchev–Trinajstić information content (AvgIpc) is 2.38. The number of halogens is 1. The third-order valence-electron chi connectivity index (χ3n) is 3.02. The van der Waals surface area contributed by atoms with Crippen molar-refractivity contribution in [3.63, 3.8) is 0 Å². The normalized spacial score (nSPS) is 10.9. The van der Waals surface area contributed by atoms with E-state index in [0.717, 1.165) is 10.1 Å². The number of hydrogen-bond donors (Lipinski definition) is 0. The second-order valence-corrected chi connectivity index (χ2v) is 4.92. The lowest BCUT2D eigenvalue weighted by Gasteiger charge is -2.05. The van der Waals surface area contributed by atoms with E-state index in [1.54, 1.807) is 42.5 Å². The third kappa shape index (κ3) is 2.04. The lowest BCUT2D eigenvalue weighted by atomic mass is 10.2. The first-order valence-electron chi connectivity index (χ1n) is 5.99. The van der Waals surface area contributed by atoms with Gasteiger partial charge in [0.2, 0.25) is 0 Å². The van der Waals surface area contributed by atoms with Gasteiger partial charge in [-0.1, -0.05) is 23.7 Å². The Labute approximate surface area is 118 Å². The Morgan fingerprint density at radius 3 is 2.65 bits per heavy atom. The van der Waals surface area contributed by atoms with Crippen LogP contribution in [0.15, 0.2) is 56.5 Å². The molecule has 2 aromatic carbocycles. The number of aromatic nitrogens is 1. The van der Waals surface area contributed by atoms with Crippen molar-refractivity contribution in [2.24, 2.45) is 0 Å². The highest BCUT2D eigenvalue weighted by molar-refractivity contribution is 6.30. The van der Waals surface area contributed by atoms with Crippen LogP contribution >= 0.6 is 11.6 Å². The maximum absolute atomic E-state index is 12.4. The van der Waals surface area contributed by atoms with Crippen LogP contribution in [0.1, 0.15) is 5.56 Å². The van der Waals surface area contributed by atoms with Gasteiger partial charge in [0.25, 0.3) is 5.56 Å². The number of nitrogens with zero attached hydrogens (tertiary/aromatic N) is 1. The monoisotopic (exact) mass is 287 g/mol. The van der Waals surface area contributed by atoms with Gasteiger partial charge in [-0.3, -0.25) is 4.79 Å². The molecule has 0 bridgehead atoms. The number of hydrogen-bond acceptors (Lipinski definition) is 3. The zero-order chi connectivity index (χ0) is 14.3. The molecule has 100 valence electrons. The van der Waals surface area contributed by atoms with Gasteiger partial charge in [-0.15, -0.1) is 0 Å². The van der Waals surface area contributed by atoms with Crippen LogP contribution in [-0.2, 0) is 0 Å². The van der Waals surface area contributed by atoms with Gasteiger partial charge in [0.1, 0.15) is 5.58 Å². The van der Waals surface area contributed by atoms with Crippen molar-refractivity contribution < 1.29 is 4.42 Å². The van der Waals surface area contributed by atoms with Crippen LogP contribution in [0.25, 0.3) is 16.7 Å². The molecule has 1 heterocycles. The summed E-state index contributed by atoms with van der Waals surface area (Å²) in [6.07, 6.45) is 0. The molecular weight excluding hydrogens is 278 g/mol. The number of benzene rings is 2. The number of rotatable bonds is 1. The van der Waals surface area contributed by atoms with E-state index in [4.69, 9.17) is 16.0 Å². The first-order valence-corrected chi connectivity index (χ1v) is 6.36. The van der Waals surface area contributed by atoms with E-state index in [0.29, 0.717) is 21.7 Å². The molecule has 0 radical (unpaired) electrons. The highest BCUT2D eigenvalue weighted by atomic mass is 35.5. The predicted molar refractivity (Wildman–Crippen MR) is 77.8 cm³/mol. The van der Waals surface area contributed by atoms with Gasteiger partial charge in [-0.25, -0.2) is 9.36 Å². The predicted octanol–water partition coefficient (Wildman–Crippen LogP) is 2.91. The minimum absolute atomic E-state index is 0.290. The number of aryl methyl sites for hydroxylation is 1. The van der Waals surface area contributed by atoms with Crippen molar-refractivity contribution in [3.8, 4) is 5.69 Å². The average molecular weight is 288 g/mol. The van der Waals surface area contributed by atoms with Crippen LogP contribution in [0.5, 0.6) is 0 Å². The Morgan fingerprint density at radius 1 is 1.10 bits per heavy atom. The number of fused-ring (bicyclic) bond motifs is 1. The summed E-state index contributed by atoms with van der Waals surface area (Å²) in [6, 6.07) is 11.6. The molecule has 0 aliphatic rings. The molecule has 0 saturated carbocycles. The lowest BCUT2D eigenvalue weighted by molar-refractivity contribution is 0.503. The molecule has 0 saturated heterocycles. The van der Waals surface area contributed by atoms with E-state index in [-0.39, 0.29) is 0 Å². The van der Waals surface area contributed by atoms with Crippen LogP contribution in [0.2, 0.25) is 5.02 Å². The maximum atomic E-state index is 12.4. The molecule has 0 aliphatic carbocycles. The molecule has 1 aromatic heterocycles. The van der Waals surface area contributed by atoms with Crippen molar-refractivity contribution >= 4 is 22.6 Å². The molecule has 4 nitrogen and oxygen atoms in total. The second-order valence-electron chi connectivity index (χ2n) is 4.49. The zero-order valence-electron chi connectivity index (χ0n) is 10.6.